The Morgan fingerprint density at radius 3 is 2.00 bits per heavy atom. The first-order valence-corrected chi connectivity index (χ1v) is 14.8. The lowest BCUT2D eigenvalue weighted by molar-refractivity contribution is 0.793. The summed E-state index contributed by atoms with van der Waals surface area (Å²) in [6.07, 6.45) is 3.44. The van der Waals surface area contributed by atoms with Gasteiger partial charge in [0.1, 0.15) is 28.2 Å². The predicted molar refractivity (Wildman–Crippen MR) is 98.0 cm³/mol. The zero-order valence-corrected chi connectivity index (χ0v) is 17.0. The van der Waals surface area contributed by atoms with Gasteiger partial charge in [0.2, 0.25) is 0 Å². The Labute approximate surface area is 132 Å². The molecule has 1 N–H and O–H groups in total. The van der Waals surface area contributed by atoms with E-state index in [0.29, 0.717) is 0 Å². The Hall–Kier alpha value is -0.996. The van der Waals surface area contributed by atoms with Gasteiger partial charge in [0.15, 0.2) is 0 Å². The third-order valence-electron chi connectivity index (χ3n) is 3.81. The quantitative estimate of drug-likeness (QED) is 0.748. The third kappa shape index (κ3) is 4.01. The van der Waals surface area contributed by atoms with Crippen LogP contribution in [-0.2, 0) is 6.42 Å². The summed E-state index contributed by atoms with van der Waals surface area (Å²) in [5.74, 6) is 1.25. The molecule has 1 aromatic heterocycles. The summed E-state index contributed by atoms with van der Waals surface area (Å²) < 4.78 is 2.69. The molecule has 21 heavy (non-hydrogen) atoms. The van der Waals surface area contributed by atoms with E-state index in [-0.39, 0.29) is 0 Å². The molecule has 0 bridgehead atoms. The van der Waals surface area contributed by atoms with Crippen LogP contribution in [0.3, 0.4) is 0 Å². The first-order chi connectivity index (χ1) is 9.54. The van der Waals surface area contributed by atoms with Gasteiger partial charge < -0.3 is 9.22 Å². The summed E-state index contributed by atoms with van der Waals surface area (Å²) in [6, 6.07) is 2.34. The van der Waals surface area contributed by atoms with E-state index in [9.17, 15) is 5.26 Å². The van der Waals surface area contributed by atoms with Gasteiger partial charge in [-0.3, -0.25) is 0 Å². The molecule has 5 heteroatoms. The van der Waals surface area contributed by atoms with E-state index in [4.69, 9.17) is 0 Å². The van der Waals surface area contributed by atoms with Crippen LogP contribution in [0.4, 0.5) is 5.82 Å². The van der Waals surface area contributed by atoms with E-state index < -0.39 is 16.5 Å². The molecule has 0 aliphatic carbocycles. The Morgan fingerprint density at radius 1 is 1.10 bits per heavy atom. The predicted octanol–water partition coefficient (Wildman–Crippen LogP) is 5.01. The first kappa shape index (κ1) is 18.1. The standard InChI is InChI=1S/C16H31N3Si2/c1-9-10-11-14-13(2)15(12-17)18-16(14)19(20(3,4)5)21(6,7)8/h18H,9-11H2,1-8H3. The van der Waals surface area contributed by atoms with Gasteiger partial charge in [-0.25, -0.2) is 0 Å². The Morgan fingerprint density at radius 2 is 1.62 bits per heavy atom. The van der Waals surface area contributed by atoms with E-state index in [1.165, 1.54) is 24.2 Å². The smallest absolute Gasteiger partial charge is 0.139 e. The Kier molecular flexibility index (Phi) is 5.51. The molecule has 1 rings (SSSR count). The number of unbranched alkanes of at least 4 members (excludes halogenated alkanes) is 1. The summed E-state index contributed by atoms with van der Waals surface area (Å²) in [7, 11) is -3.00. The minimum atomic E-state index is -1.50. The van der Waals surface area contributed by atoms with Crippen LogP contribution in [0.2, 0.25) is 39.3 Å². The number of rotatable bonds is 6. The van der Waals surface area contributed by atoms with Gasteiger partial charge in [-0.15, -0.1) is 0 Å². The zero-order chi connectivity index (χ0) is 16.4. The summed E-state index contributed by atoms with van der Waals surface area (Å²) in [5, 5.41) is 9.39. The molecule has 0 saturated heterocycles. The van der Waals surface area contributed by atoms with Crippen LogP contribution in [0.1, 0.15) is 36.6 Å². The molecule has 0 unspecified atom stereocenters. The fraction of sp³-hybridized carbons (Fsp3) is 0.688. The van der Waals surface area contributed by atoms with Gasteiger partial charge in [-0.05, 0) is 30.9 Å². The molecule has 0 saturated carbocycles. The van der Waals surface area contributed by atoms with Crippen LogP contribution >= 0.6 is 0 Å². The van der Waals surface area contributed by atoms with E-state index in [1.807, 2.05) is 0 Å². The van der Waals surface area contributed by atoms with Gasteiger partial charge in [-0.1, -0.05) is 52.6 Å². The fourth-order valence-corrected chi connectivity index (χ4v) is 13.0. The number of anilines is 1. The molecule has 0 aliphatic rings. The van der Waals surface area contributed by atoms with Gasteiger partial charge >= 0.3 is 0 Å². The highest BCUT2D eigenvalue weighted by molar-refractivity contribution is 6.99. The zero-order valence-electron chi connectivity index (χ0n) is 15.0. The number of H-pyrrole nitrogens is 1. The molecule has 0 spiro atoms. The molecule has 3 nitrogen and oxygen atoms in total. The van der Waals surface area contributed by atoms with Crippen LogP contribution in [0.15, 0.2) is 0 Å². The number of hydrogen-bond acceptors (Lipinski definition) is 2. The molecule has 0 amide bonds. The van der Waals surface area contributed by atoms with Crippen LogP contribution < -0.4 is 4.23 Å². The minimum Gasteiger partial charge on any atom is -0.411 e. The summed E-state index contributed by atoms with van der Waals surface area (Å²) >= 11 is 0. The maximum atomic E-state index is 9.39. The maximum Gasteiger partial charge on any atom is 0.139 e. The summed E-state index contributed by atoms with van der Waals surface area (Å²) in [6.45, 7) is 18.7. The normalized spacial score (nSPS) is 12.3. The van der Waals surface area contributed by atoms with Crippen molar-refractivity contribution in [1.82, 2.24) is 4.98 Å². The largest absolute Gasteiger partial charge is 0.411 e. The maximum absolute atomic E-state index is 9.39. The van der Waals surface area contributed by atoms with E-state index in [1.54, 1.807) is 0 Å². The monoisotopic (exact) mass is 321 g/mol. The Bertz CT molecular complexity index is 513. The SMILES string of the molecule is CCCCc1c(N([Si](C)(C)C)[Si](C)(C)C)[nH]c(C#N)c1C. The van der Waals surface area contributed by atoms with Crippen molar-refractivity contribution in [3.8, 4) is 6.07 Å². The van der Waals surface area contributed by atoms with Crippen molar-refractivity contribution in [2.24, 2.45) is 0 Å². The number of aromatic amines is 1. The minimum absolute atomic E-state index is 0.748. The van der Waals surface area contributed by atoms with Gasteiger partial charge in [0, 0.05) is 0 Å². The summed E-state index contributed by atoms with van der Waals surface area (Å²) in [4.78, 5) is 3.46. The number of nitrogens with one attached hydrogen (secondary N) is 1. The summed E-state index contributed by atoms with van der Waals surface area (Å²) in [5.41, 5.74) is 3.28. The molecule has 0 fully saturated rings. The van der Waals surface area contributed by atoms with Crippen molar-refractivity contribution < 1.29 is 0 Å². The second kappa shape index (κ2) is 6.41. The first-order valence-electron chi connectivity index (χ1n) is 7.96. The van der Waals surface area contributed by atoms with Gasteiger partial charge in [0.25, 0.3) is 0 Å². The van der Waals surface area contributed by atoms with Crippen molar-refractivity contribution >= 4 is 22.3 Å². The lowest BCUT2D eigenvalue weighted by Crippen LogP contribution is -2.60. The van der Waals surface area contributed by atoms with Crippen molar-refractivity contribution in [2.45, 2.75) is 72.4 Å². The Balaban J connectivity index is 3.48. The second-order valence-corrected chi connectivity index (χ2v) is 17.9. The molecule has 0 aliphatic heterocycles. The van der Waals surface area contributed by atoms with Crippen molar-refractivity contribution in [1.29, 1.82) is 5.26 Å². The second-order valence-electron chi connectivity index (χ2n) is 7.84. The molecular formula is C16H31N3Si2. The van der Waals surface area contributed by atoms with Crippen molar-refractivity contribution in [3.63, 3.8) is 0 Å². The fourth-order valence-electron chi connectivity index (χ4n) is 3.26. The number of hydrogen-bond donors (Lipinski definition) is 1. The number of nitriles is 1. The van der Waals surface area contributed by atoms with Crippen LogP contribution in [0.5, 0.6) is 0 Å². The molecule has 0 atom stereocenters. The lowest BCUT2D eigenvalue weighted by atomic mass is 10.1. The molecule has 0 radical (unpaired) electrons. The highest BCUT2D eigenvalue weighted by atomic mass is 28.4. The van der Waals surface area contributed by atoms with Gasteiger partial charge in [0.05, 0.1) is 5.82 Å². The molecular weight excluding hydrogens is 290 g/mol. The topological polar surface area (TPSA) is 42.8 Å². The lowest BCUT2D eigenvalue weighted by Gasteiger charge is -2.45. The van der Waals surface area contributed by atoms with E-state index in [2.05, 4.69) is 68.4 Å². The third-order valence-corrected chi connectivity index (χ3v) is 11.0. The average Bonchev–Trinajstić information content (AvgIpc) is 2.60. The van der Waals surface area contributed by atoms with Crippen LogP contribution in [-0.4, -0.2) is 21.5 Å². The highest BCUT2D eigenvalue weighted by Gasteiger charge is 2.37. The van der Waals surface area contributed by atoms with Crippen LogP contribution in [0.25, 0.3) is 0 Å². The van der Waals surface area contributed by atoms with Crippen LogP contribution in [0, 0.1) is 18.3 Å². The molecule has 118 valence electrons. The van der Waals surface area contributed by atoms with E-state index >= 15 is 0 Å². The molecule has 1 aromatic rings. The number of aromatic nitrogens is 1. The van der Waals surface area contributed by atoms with Gasteiger partial charge in [-0.2, -0.15) is 5.26 Å². The van der Waals surface area contributed by atoms with Crippen molar-refractivity contribution in [3.05, 3.63) is 16.8 Å². The average molecular weight is 322 g/mol. The molecule has 1 heterocycles. The van der Waals surface area contributed by atoms with Crippen molar-refractivity contribution in [2.75, 3.05) is 4.23 Å². The van der Waals surface area contributed by atoms with E-state index in [0.717, 1.165) is 17.7 Å². The molecule has 0 aromatic carbocycles. The highest BCUT2D eigenvalue weighted by Crippen LogP contribution is 2.34. The number of nitrogens with zero attached hydrogens (tertiary/aromatic N) is 2.